The Bertz CT molecular complexity index is 173. The SMILES string of the molecule is C=CC(O)CC#CCCCCCC. The molecule has 13 heavy (non-hydrogen) atoms. The molecule has 0 rings (SSSR count). The summed E-state index contributed by atoms with van der Waals surface area (Å²) in [5.74, 6) is 5.99. The average molecular weight is 180 g/mol. The summed E-state index contributed by atoms with van der Waals surface area (Å²) in [5, 5.41) is 9.08. The van der Waals surface area contributed by atoms with Gasteiger partial charge in [0, 0.05) is 12.8 Å². The third kappa shape index (κ3) is 9.17. The summed E-state index contributed by atoms with van der Waals surface area (Å²) in [6, 6.07) is 0. The minimum Gasteiger partial charge on any atom is -0.388 e. The zero-order valence-corrected chi connectivity index (χ0v) is 8.55. The van der Waals surface area contributed by atoms with E-state index >= 15 is 0 Å². The number of hydrogen-bond donors (Lipinski definition) is 1. The van der Waals surface area contributed by atoms with Gasteiger partial charge in [0.2, 0.25) is 0 Å². The third-order valence-corrected chi connectivity index (χ3v) is 1.86. The normalized spacial score (nSPS) is 11.5. The van der Waals surface area contributed by atoms with Gasteiger partial charge in [-0.25, -0.2) is 0 Å². The summed E-state index contributed by atoms with van der Waals surface area (Å²) in [6.45, 7) is 5.68. The molecule has 74 valence electrons. The van der Waals surface area contributed by atoms with E-state index in [0.29, 0.717) is 6.42 Å². The number of hydrogen-bond acceptors (Lipinski definition) is 1. The quantitative estimate of drug-likeness (QED) is 0.378. The van der Waals surface area contributed by atoms with Crippen molar-refractivity contribution in [2.45, 2.75) is 51.6 Å². The fraction of sp³-hybridized carbons (Fsp3) is 0.667. The van der Waals surface area contributed by atoms with Crippen molar-refractivity contribution >= 4 is 0 Å². The molecular formula is C12H20O. The first kappa shape index (κ1) is 12.3. The molecular weight excluding hydrogens is 160 g/mol. The Morgan fingerprint density at radius 2 is 2.08 bits per heavy atom. The Kier molecular flexibility index (Phi) is 8.82. The molecule has 0 aromatic rings. The minimum absolute atomic E-state index is 0.455. The fourth-order valence-electron chi connectivity index (χ4n) is 0.989. The highest BCUT2D eigenvalue weighted by atomic mass is 16.3. The van der Waals surface area contributed by atoms with Gasteiger partial charge in [0.05, 0.1) is 6.10 Å². The van der Waals surface area contributed by atoms with Gasteiger partial charge in [0.15, 0.2) is 0 Å². The molecule has 0 spiro atoms. The van der Waals surface area contributed by atoms with Crippen LogP contribution in [0.25, 0.3) is 0 Å². The van der Waals surface area contributed by atoms with Crippen molar-refractivity contribution < 1.29 is 5.11 Å². The van der Waals surface area contributed by atoms with Gasteiger partial charge in [-0.15, -0.1) is 18.4 Å². The van der Waals surface area contributed by atoms with Crippen molar-refractivity contribution in [2.75, 3.05) is 0 Å². The van der Waals surface area contributed by atoms with Crippen LogP contribution in [-0.4, -0.2) is 11.2 Å². The molecule has 0 bridgehead atoms. The van der Waals surface area contributed by atoms with Gasteiger partial charge < -0.3 is 5.11 Å². The average Bonchev–Trinajstić information content (AvgIpc) is 2.16. The maximum Gasteiger partial charge on any atom is 0.0827 e. The van der Waals surface area contributed by atoms with Crippen molar-refractivity contribution in [3.63, 3.8) is 0 Å². The molecule has 1 atom stereocenters. The first-order valence-corrected chi connectivity index (χ1v) is 5.07. The highest BCUT2D eigenvalue weighted by Gasteiger charge is 1.91. The second-order valence-electron chi connectivity index (χ2n) is 3.17. The van der Waals surface area contributed by atoms with Crippen molar-refractivity contribution in [1.29, 1.82) is 0 Å². The lowest BCUT2D eigenvalue weighted by atomic mass is 10.1. The number of unbranched alkanes of at least 4 members (excludes halogenated alkanes) is 4. The molecule has 0 saturated carbocycles. The van der Waals surface area contributed by atoms with Crippen LogP contribution in [0.3, 0.4) is 0 Å². The maximum absolute atomic E-state index is 9.08. The number of rotatable bonds is 6. The van der Waals surface area contributed by atoms with Crippen molar-refractivity contribution in [3.05, 3.63) is 12.7 Å². The zero-order valence-electron chi connectivity index (χ0n) is 8.55. The van der Waals surface area contributed by atoms with Crippen LogP contribution in [0, 0.1) is 11.8 Å². The number of aliphatic hydroxyl groups is 1. The van der Waals surface area contributed by atoms with E-state index in [9.17, 15) is 0 Å². The van der Waals surface area contributed by atoms with E-state index in [1.807, 2.05) is 0 Å². The van der Waals surface area contributed by atoms with E-state index in [-0.39, 0.29) is 0 Å². The van der Waals surface area contributed by atoms with E-state index in [0.717, 1.165) is 6.42 Å². The van der Waals surface area contributed by atoms with Crippen LogP contribution in [0.15, 0.2) is 12.7 Å². The highest BCUT2D eigenvalue weighted by molar-refractivity contribution is 5.02. The van der Waals surface area contributed by atoms with Crippen molar-refractivity contribution in [3.8, 4) is 11.8 Å². The Morgan fingerprint density at radius 1 is 1.31 bits per heavy atom. The summed E-state index contributed by atoms with van der Waals surface area (Å²) < 4.78 is 0. The lowest BCUT2D eigenvalue weighted by Crippen LogP contribution is -1.97. The zero-order chi connectivity index (χ0) is 9.94. The topological polar surface area (TPSA) is 20.2 Å². The summed E-state index contributed by atoms with van der Waals surface area (Å²) in [5.41, 5.74) is 0. The lowest BCUT2D eigenvalue weighted by Gasteiger charge is -1.95. The standard InChI is InChI=1S/C12H20O/c1-3-5-6-7-8-9-10-11-12(13)4-2/h4,12-13H,2-3,5-8,11H2,1H3. The summed E-state index contributed by atoms with van der Waals surface area (Å²) in [4.78, 5) is 0. The van der Waals surface area contributed by atoms with Crippen LogP contribution in [0.1, 0.15) is 45.4 Å². The summed E-state index contributed by atoms with van der Waals surface area (Å²) in [7, 11) is 0. The predicted molar refractivity (Wildman–Crippen MR) is 57.4 cm³/mol. The molecule has 0 aromatic carbocycles. The highest BCUT2D eigenvalue weighted by Crippen LogP contribution is 2.01. The van der Waals surface area contributed by atoms with Crippen LogP contribution >= 0.6 is 0 Å². The molecule has 0 heterocycles. The predicted octanol–water partition coefficient (Wildman–Crippen LogP) is 2.90. The van der Waals surface area contributed by atoms with Crippen LogP contribution in [0.4, 0.5) is 0 Å². The van der Waals surface area contributed by atoms with Crippen LogP contribution < -0.4 is 0 Å². The van der Waals surface area contributed by atoms with Gasteiger partial charge in [0.1, 0.15) is 0 Å². The number of aliphatic hydroxyl groups excluding tert-OH is 1. The second-order valence-corrected chi connectivity index (χ2v) is 3.17. The Hall–Kier alpha value is -0.740. The molecule has 0 fully saturated rings. The molecule has 0 radical (unpaired) electrons. The summed E-state index contributed by atoms with van der Waals surface area (Å²) in [6.07, 6.45) is 7.58. The molecule has 0 aromatic heterocycles. The fourth-order valence-corrected chi connectivity index (χ4v) is 0.989. The van der Waals surface area contributed by atoms with Crippen LogP contribution in [0.2, 0.25) is 0 Å². The van der Waals surface area contributed by atoms with Gasteiger partial charge in [0.25, 0.3) is 0 Å². The minimum atomic E-state index is -0.455. The molecule has 0 aliphatic rings. The maximum atomic E-state index is 9.08. The lowest BCUT2D eigenvalue weighted by molar-refractivity contribution is 0.230. The Balaban J connectivity index is 3.24. The molecule has 0 amide bonds. The molecule has 1 nitrogen and oxygen atoms in total. The van der Waals surface area contributed by atoms with Gasteiger partial charge in [-0.1, -0.05) is 32.3 Å². The van der Waals surface area contributed by atoms with Crippen molar-refractivity contribution in [1.82, 2.24) is 0 Å². The second kappa shape index (κ2) is 9.35. The van der Waals surface area contributed by atoms with Gasteiger partial charge in [-0.05, 0) is 6.42 Å². The van der Waals surface area contributed by atoms with E-state index < -0.39 is 6.10 Å². The first-order chi connectivity index (χ1) is 6.31. The summed E-state index contributed by atoms with van der Waals surface area (Å²) >= 11 is 0. The van der Waals surface area contributed by atoms with Gasteiger partial charge in [-0.3, -0.25) is 0 Å². The van der Waals surface area contributed by atoms with Crippen molar-refractivity contribution in [2.24, 2.45) is 0 Å². The van der Waals surface area contributed by atoms with Crippen LogP contribution in [-0.2, 0) is 0 Å². The molecule has 1 heteroatoms. The molecule has 1 unspecified atom stereocenters. The van der Waals surface area contributed by atoms with E-state index in [2.05, 4.69) is 25.3 Å². The third-order valence-electron chi connectivity index (χ3n) is 1.86. The molecule has 0 aliphatic carbocycles. The van der Waals surface area contributed by atoms with E-state index in [4.69, 9.17) is 5.11 Å². The monoisotopic (exact) mass is 180 g/mol. The Labute approximate surface area is 81.9 Å². The molecule has 1 N–H and O–H groups in total. The van der Waals surface area contributed by atoms with Gasteiger partial charge in [-0.2, -0.15) is 0 Å². The first-order valence-electron chi connectivity index (χ1n) is 5.07. The molecule has 0 saturated heterocycles. The van der Waals surface area contributed by atoms with Gasteiger partial charge >= 0.3 is 0 Å². The largest absolute Gasteiger partial charge is 0.388 e. The Morgan fingerprint density at radius 3 is 2.69 bits per heavy atom. The smallest absolute Gasteiger partial charge is 0.0827 e. The van der Waals surface area contributed by atoms with E-state index in [1.165, 1.54) is 31.8 Å². The van der Waals surface area contributed by atoms with E-state index in [1.54, 1.807) is 0 Å². The van der Waals surface area contributed by atoms with Crippen LogP contribution in [0.5, 0.6) is 0 Å². The molecule has 0 aliphatic heterocycles.